The molecule has 5 nitrogen and oxygen atoms in total. The van der Waals surface area contributed by atoms with Gasteiger partial charge in [-0.1, -0.05) is 30.3 Å². The lowest BCUT2D eigenvalue weighted by Crippen LogP contribution is -2.23. The van der Waals surface area contributed by atoms with Gasteiger partial charge in [0.1, 0.15) is 23.1 Å². The van der Waals surface area contributed by atoms with Crippen LogP contribution in [0.25, 0.3) is 0 Å². The molecule has 4 rings (SSSR count). The van der Waals surface area contributed by atoms with Gasteiger partial charge in [0.2, 0.25) is 11.8 Å². The van der Waals surface area contributed by atoms with Crippen molar-refractivity contribution in [3.63, 3.8) is 0 Å². The Kier molecular flexibility index (Phi) is 7.28. The number of amides is 1. The number of aryl methyl sites for hydroxylation is 1. The van der Waals surface area contributed by atoms with E-state index in [1.165, 1.54) is 12.1 Å². The summed E-state index contributed by atoms with van der Waals surface area (Å²) >= 11 is 0. The van der Waals surface area contributed by atoms with Crippen LogP contribution in [0.4, 0.5) is 4.39 Å². The standard InChI is InChI=1S/C27H23FN2O3/c28-22-11-13-23(14-12-22)32-24-7-3-5-20(17-24)10-15-26(31)30-19-21-6-4-8-25(18-21)33-27-9-1-2-16-29-27/h1-9,11-14,16-18H,10,15,19H2,(H,30,31). The van der Waals surface area contributed by atoms with Crippen molar-refractivity contribution in [2.24, 2.45) is 0 Å². The lowest BCUT2D eigenvalue weighted by molar-refractivity contribution is -0.121. The van der Waals surface area contributed by atoms with Crippen LogP contribution in [-0.4, -0.2) is 10.9 Å². The van der Waals surface area contributed by atoms with Gasteiger partial charge in [-0.15, -0.1) is 0 Å². The fourth-order valence-corrected chi connectivity index (χ4v) is 3.20. The van der Waals surface area contributed by atoms with Crippen LogP contribution >= 0.6 is 0 Å². The van der Waals surface area contributed by atoms with Crippen LogP contribution in [0.1, 0.15) is 17.5 Å². The molecule has 0 aliphatic carbocycles. The van der Waals surface area contributed by atoms with E-state index >= 15 is 0 Å². The maximum atomic E-state index is 13.0. The average molecular weight is 442 g/mol. The van der Waals surface area contributed by atoms with E-state index in [2.05, 4.69) is 10.3 Å². The number of carbonyl (C=O) groups is 1. The second-order valence-electron chi connectivity index (χ2n) is 7.40. The molecule has 4 aromatic rings. The van der Waals surface area contributed by atoms with Crippen LogP contribution in [-0.2, 0) is 17.8 Å². The molecule has 1 aromatic heterocycles. The molecule has 0 saturated carbocycles. The Balaban J connectivity index is 1.26. The monoisotopic (exact) mass is 442 g/mol. The minimum atomic E-state index is -0.311. The van der Waals surface area contributed by atoms with Gasteiger partial charge < -0.3 is 14.8 Å². The number of ether oxygens (including phenoxy) is 2. The molecule has 3 aromatic carbocycles. The van der Waals surface area contributed by atoms with Crippen LogP contribution in [0.2, 0.25) is 0 Å². The van der Waals surface area contributed by atoms with Gasteiger partial charge >= 0.3 is 0 Å². The summed E-state index contributed by atoms with van der Waals surface area (Å²) in [5.41, 5.74) is 1.92. The first-order chi connectivity index (χ1) is 16.1. The number of aromatic nitrogens is 1. The van der Waals surface area contributed by atoms with E-state index < -0.39 is 0 Å². The molecule has 1 amide bonds. The maximum Gasteiger partial charge on any atom is 0.220 e. The summed E-state index contributed by atoms with van der Waals surface area (Å²) in [6.45, 7) is 0.409. The zero-order valence-electron chi connectivity index (χ0n) is 17.9. The van der Waals surface area contributed by atoms with E-state index in [4.69, 9.17) is 9.47 Å². The van der Waals surface area contributed by atoms with Gasteiger partial charge in [0, 0.05) is 25.2 Å². The molecule has 0 unspecified atom stereocenters. The Morgan fingerprint density at radius 3 is 2.27 bits per heavy atom. The van der Waals surface area contributed by atoms with Gasteiger partial charge in [0.15, 0.2) is 0 Å². The number of benzene rings is 3. The van der Waals surface area contributed by atoms with E-state index in [0.717, 1.165) is 11.1 Å². The molecule has 166 valence electrons. The van der Waals surface area contributed by atoms with E-state index in [1.807, 2.05) is 60.7 Å². The highest BCUT2D eigenvalue weighted by Gasteiger charge is 2.06. The summed E-state index contributed by atoms with van der Waals surface area (Å²) in [7, 11) is 0. The Hall–Kier alpha value is -4.19. The molecule has 33 heavy (non-hydrogen) atoms. The van der Waals surface area contributed by atoms with Crippen molar-refractivity contribution in [2.45, 2.75) is 19.4 Å². The number of halogens is 1. The summed E-state index contributed by atoms with van der Waals surface area (Å²) in [6, 6.07) is 26.4. The van der Waals surface area contributed by atoms with Crippen molar-refractivity contribution in [1.82, 2.24) is 10.3 Å². The first kappa shape index (κ1) is 22.0. The van der Waals surface area contributed by atoms with Gasteiger partial charge in [0.25, 0.3) is 0 Å². The molecule has 0 aliphatic rings. The number of rotatable bonds is 9. The lowest BCUT2D eigenvalue weighted by Gasteiger charge is -2.09. The molecule has 1 N–H and O–H groups in total. The minimum Gasteiger partial charge on any atom is -0.457 e. The van der Waals surface area contributed by atoms with Crippen molar-refractivity contribution in [2.75, 3.05) is 0 Å². The van der Waals surface area contributed by atoms with Crippen molar-refractivity contribution in [3.05, 3.63) is 114 Å². The summed E-state index contributed by atoms with van der Waals surface area (Å²) in [5, 5.41) is 2.94. The molecular weight excluding hydrogens is 419 g/mol. The average Bonchev–Trinajstić information content (AvgIpc) is 2.84. The molecule has 0 radical (unpaired) electrons. The first-order valence-corrected chi connectivity index (χ1v) is 10.6. The maximum absolute atomic E-state index is 13.0. The number of nitrogens with one attached hydrogen (secondary N) is 1. The lowest BCUT2D eigenvalue weighted by atomic mass is 10.1. The SMILES string of the molecule is O=C(CCc1cccc(Oc2ccc(F)cc2)c1)NCc1cccc(Oc2ccccn2)c1. The molecule has 1 heterocycles. The summed E-state index contributed by atoms with van der Waals surface area (Å²) < 4.78 is 24.5. The fraction of sp³-hybridized carbons (Fsp3) is 0.111. The summed E-state index contributed by atoms with van der Waals surface area (Å²) in [6.07, 6.45) is 2.60. The van der Waals surface area contributed by atoms with E-state index in [0.29, 0.717) is 42.5 Å². The predicted octanol–water partition coefficient (Wildman–Crippen LogP) is 6.05. The van der Waals surface area contributed by atoms with Crippen molar-refractivity contribution in [1.29, 1.82) is 0 Å². The third-order valence-corrected chi connectivity index (χ3v) is 4.84. The van der Waals surface area contributed by atoms with E-state index in [-0.39, 0.29) is 11.7 Å². The van der Waals surface area contributed by atoms with Crippen molar-refractivity contribution >= 4 is 5.91 Å². The minimum absolute atomic E-state index is 0.0455. The molecular formula is C27H23FN2O3. The molecule has 0 spiro atoms. The van der Waals surface area contributed by atoms with E-state index in [1.54, 1.807) is 24.4 Å². The van der Waals surface area contributed by atoms with Gasteiger partial charge in [-0.2, -0.15) is 0 Å². The Morgan fingerprint density at radius 2 is 1.52 bits per heavy atom. The molecule has 0 saturated heterocycles. The van der Waals surface area contributed by atoms with Crippen molar-refractivity contribution < 1.29 is 18.7 Å². The second kappa shape index (κ2) is 10.9. The van der Waals surface area contributed by atoms with Crippen LogP contribution in [0, 0.1) is 5.82 Å². The number of carbonyl (C=O) groups excluding carboxylic acids is 1. The van der Waals surface area contributed by atoms with Crippen LogP contribution in [0.3, 0.4) is 0 Å². The summed E-state index contributed by atoms with van der Waals surface area (Å²) in [4.78, 5) is 16.5. The molecule has 0 bridgehead atoms. The molecule has 6 heteroatoms. The topological polar surface area (TPSA) is 60.5 Å². The quantitative estimate of drug-likeness (QED) is 0.343. The first-order valence-electron chi connectivity index (χ1n) is 10.6. The highest BCUT2D eigenvalue weighted by molar-refractivity contribution is 5.76. The normalized spacial score (nSPS) is 10.5. The van der Waals surface area contributed by atoms with E-state index in [9.17, 15) is 9.18 Å². The van der Waals surface area contributed by atoms with Crippen LogP contribution in [0.5, 0.6) is 23.1 Å². The van der Waals surface area contributed by atoms with Gasteiger partial charge in [0.05, 0.1) is 0 Å². The third kappa shape index (κ3) is 6.90. The Bertz CT molecular complexity index is 1200. The van der Waals surface area contributed by atoms with Crippen molar-refractivity contribution in [3.8, 4) is 23.1 Å². The summed E-state index contributed by atoms with van der Waals surface area (Å²) in [5.74, 6) is 2.03. The largest absolute Gasteiger partial charge is 0.457 e. The van der Waals surface area contributed by atoms with Gasteiger partial charge in [-0.05, 0) is 72.1 Å². The predicted molar refractivity (Wildman–Crippen MR) is 124 cm³/mol. The number of pyridine rings is 1. The second-order valence-corrected chi connectivity index (χ2v) is 7.40. The Labute approximate surface area is 191 Å². The zero-order chi connectivity index (χ0) is 22.9. The van der Waals surface area contributed by atoms with Crippen LogP contribution < -0.4 is 14.8 Å². The van der Waals surface area contributed by atoms with Crippen LogP contribution in [0.15, 0.2) is 97.2 Å². The molecule has 0 aliphatic heterocycles. The van der Waals surface area contributed by atoms with Gasteiger partial charge in [-0.3, -0.25) is 4.79 Å². The smallest absolute Gasteiger partial charge is 0.220 e. The number of nitrogens with zero attached hydrogens (tertiary/aromatic N) is 1. The Morgan fingerprint density at radius 1 is 0.788 bits per heavy atom. The highest BCUT2D eigenvalue weighted by Crippen LogP contribution is 2.23. The number of hydrogen-bond acceptors (Lipinski definition) is 4. The molecule has 0 fully saturated rings. The fourth-order valence-electron chi connectivity index (χ4n) is 3.20. The zero-order valence-corrected chi connectivity index (χ0v) is 17.9. The van der Waals surface area contributed by atoms with Gasteiger partial charge in [-0.25, -0.2) is 9.37 Å². The highest BCUT2D eigenvalue weighted by atomic mass is 19.1. The third-order valence-electron chi connectivity index (χ3n) is 4.84. The molecule has 0 atom stereocenters. The number of hydrogen-bond donors (Lipinski definition) is 1.